The number of hydrogen-bond acceptors (Lipinski definition) is 4. The van der Waals surface area contributed by atoms with E-state index in [-0.39, 0.29) is 0 Å². The first-order valence-corrected chi connectivity index (χ1v) is 7.59. The summed E-state index contributed by atoms with van der Waals surface area (Å²) in [5.74, 6) is 2.40. The Kier molecular flexibility index (Phi) is 5.25. The Labute approximate surface area is 120 Å². The minimum absolute atomic E-state index is 0.581. The molecule has 1 aliphatic rings. The first-order valence-electron chi connectivity index (χ1n) is 7.05. The molecular formula is C14H23ClN4. The van der Waals surface area contributed by atoms with E-state index in [1.54, 1.807) is 0 Å². The van der Waals surface area contributed by atoms with Crippen LogP contribution in [-0.4, -0.2) is 42.5 Å². The van der Waals surface area contributed by atoms with Crippen molar-refractivity contribution in [3.05, 3.63) is 12.3 Å². The Morgan fingerprint density at radius 2 is 2.00 bits per heavy atom. The van der Waals surface area contributed by atoms with Gasteiger partial charge >= 0.3 is 0 Å². The van der Waals surface area contributed by atoms with Crippen LogP contribution in [-0.2, 0) is 0 Å². The summed E-state index contributed by atoms with van der Waals surface area (Å²) in [6.07, 6.45) is 8.32. The van der Waals surface area contributed by atoms with E-state index in [2.05, 4.69) is 14.9 Å². The smallest absolute Gasteiger partial charge is 0.226 e. The molecule has 0 bridgehead atoms. The van der Waals surface area contributed by atoms with E-state index in [4.69, 9.17) is 11.6 Å². The molecule has 1 fully saturated rings. The van der Waals surface area contributed by atoms with Gasteiger partial charge in [-0.1, -0.05) is 19.3 Å². The van der Waals surface area contributed by atoms with Crippen LogP contribution in [0.15, 0.2) is 12.3 Å². The van der Waals surface area contributed by atoms with Crippen LogP contribution in [0.4, 0.5) is 11.8 Å². The minimum Gasteiger partial charge on any atom is -0.352 e. The van der Waals surface area contributed by atoms with Crippen LogP contribution < -0.4 is 9.80 Å². The van der Waals surface area contributed by atoms with E-state index in [1.807, 2.05) is 31.3 Å². The Hall–Kier alpha value is -1.03. The summed E-state index contributed by atoms with van der Waals surface area (Å²) >= 11 is 5.97. The normalized spacial score (nSPS) is 16.4. The van der Waals surface area contributed by atoms with Crippen molar-refractivity contribution in [3.8, 4) is 0 Å². The molecule has 0 amide bonds. The van der Waals surface area contributed by atoms with Crippen LogP contribution in [0.2, 0.25) is 0 Å². The lowest BCUT2D eigenvalue weighted by Gasteiger charge is -2.35. The van der Waals surface area contributed by atoms with E-state index >= 15 is 0 Å². The van der Waals surface area contributed by atoms with Gasteiger partial charge in [0, 0.05) is 38.8 Å². The van der Waals surface area contributed by atoms with E-state index in [1.165, 1.54) is 32.1 Å². The second-order valence-corrected chi connectivity index (χ2v) is 5.66. The lowest BCUT2D eigenvalue weighted by atomic mass is 9.94. The highest BCUT2D eigenvalue weighted by molar-refractivity contribution is 6.18. The largest absolute Gasteiger partial charge is 0.352 e. The second kappa shape index (κ2) is 6.94. The molecule has 19 heavy (non-hydrogen) atoms. The Morgan fingerprint density at radius 3 is 2.63 bits per heavy atom. The molecule has 0 atom stereocenters. The molecule has 4 nitrogen and oxygen atoms in total. The van der Waals surface area contributed by atoms with Crippen molar-refractivity contribution in [1.29, 1.82) is 0 Å². The van der Waals surface area contributed by atoms with E-state index < -0.39 is 0 Å². The van der Waals surface area contributed by atoms with Crippen LogP contribution in [0.5, 0.6) is 0 Å². The zero-order chi connectivity index (χ0) is 13.7. The summed E-state index contributed by atoms with van der Waals surface area (Å²) in [4.78, 5) is 13.2. The van der Waals surface area contributed by atoms with Crippen LogP contribution >= 0.6 is 11.6 Å². The van der Waals surface area contributed by atoms with Crippen molar-refractivity contribution >= 4 is 23.4 Å². The molecule has 1 saturated carbocycles. The number of nitrogens with zero attached hydrogens (tertiary/aromatic N) is 4. The summed E-state index contributed by atoms with van der Waals surface area (Å²) in [7, 11) is 3.93. The molecule has 0 saturated heterocycles. The number of anilines is 2. The van der Waals surface area contributed by atoms with Gasteiger partial charge in [0.15, 0.2) is 0 Å². The summed E-state index contributed by atoms with van der Waals surface area (Å²) < 4.78 is 0. The van der Waals surface area contributed by atoms with Crippen LogP contribution in [0, 0.1) is 0 Å². The molecule has 0 N–H and O–H groups in total. The maximum atomic E-state index is 5.97. The first kappa shape index (κ1) is 14.4. The van der Waals surface area contributed by atoms with E-state index in [0.717, 1.165) is 18.3 Å². The summed E-state index contributed by atoms with van der Waals surface area (Å²) in [6.45, 7) is 0.857. The standard InChI is InChI=1S/C14H23ClN4/c1-18(2)14-16-10-8-13(17-14)19(11-9-15)12-6-4-3-5-7-12/h8,10,12H,3-7,9,11H2,1-2H3. The van der Waals surface area contributed by atoms with Crippen LogP contribution in [0.1, 0.15) is 32.1 Å². The number of hydrogen-bond donors (Lipinski definition) is 0. The fourth-order valence-corrected chi connectivity index (χ4v) is 2.86. The molecule has 1 aromatic heterocycles. The molecule has 1 aromatic rings. The summed E-state index contributed by atoms with van der Waals surface area (Å²) in [5, 5.41) is 0. The average molecular weight is 283 g/mol. The predicted octanol–water partition coefficient (Wildman–Crippen LogP) is 2.92. The van der Waals surface area contributed by atoms with Gasteiger partial charge in [0.25, 0.3) is 0 Å². The molecule has 0 aromatic carbocycles. The zero-order valence-electron chi connectivity index (χ0n) is 11.8. The zero-order valence-corrected chi connectivity index (χ0v) is 12.6. The summed E-state index contributed by atoms with van der Waals surface area (Å²) in [6, 6.07) is 2.58. The number of alkyl halides is 1. The highest BCUT2D eigenvalue weighted by Gasteiger charge is 2.22. The van der Waals surface area contributed by atoms with Gasteiger partial charge in [-0.25, -0.2) is 4.98 Å². The number of halogens is 1. The fraction of sp³-hybridized carbons (Fsp3) is 0.714. The van der Waals surface area contributed by atoms with Gasteiger partial charge in [0.2, 0.25) is 5.95 Å². The van der Waals surface area contributed by atoms with Crippen molar-refractivity contribution in [3.63, 3.8) is 0 Å². The van der Waals surface area contributed by atoms with Gasteiger partial charge in [-0.3, -0.25) is 0 Å². The average Bonchev–Trinajstić information content (AvgIpc) is 2.46. The van der Waals surface area contributed by atoms with Gasteiger partial charge in [0.05, 0.1) is 0 Å². The molecule has 106 valence electrons. The first-order chi connectivity index (χ1) is 9.22. The van der Waals surface area contributed by atoms with Gasteiger partial charge in [-0.05, 0) is 18.9 Å². The molecule has 0 radical (unpaired) electrons. The summed E-state index contributed by atoms with van der Waals surface area (Å²) in [5.41, 5.74) is 0. The third-order valence-corrected chi connectivity index (χ3v) is 3.83. The lowest BCUT2D eigenvalue weighted by molar-refractivity contribution is 0.416. The Balaban J connectivity index is 2.19. The maximum Gasteiger partial charge on any atom is 0.226 e. The Morgan fingerprint density at radius 1 is 1.26 bits per heavy atom. The maximum absolute atomic E-state index is 5.97. The van der Waals surface area contributed by atoms with Crippen molar-refractivity contribution in [1.82, 2.24) is 9.97 Å². The lowest BCUT2D eigenvalue weighted by Crippen LogP contribution is -2.39. The highest BCUT2D eigenvalue weighted by Crippen LogP contribution is 2.26. The molecule has 2 rings (SSSR count). The Bertz CT molecular complexity index is 391. The third kappa shape index (κ3) is 3.72. The van der Waals surface area contributed by atoms with Gasteiger partial charge in [0.1, 0.15) is 5.82 Å². The molecular weight excluding hydrogens is 260 g/mol. The van der Waals surface area contributed by atoms with Crippen molar-refractivity contribution < 1.29 is 0 Å². The molecule has 0 unspecified atom stereocenters. The van der Waals surface area contributed by atoms with E-state index in [9.17, 15) is 0 Å². The molecule has 1 aliphatic carbocycles. The van der Waals surface area contributed by atoms with Crippen molar-refractivity contribution in [2.24, 2.45) is 0 Å². The van der Waals surface area contributed by atoms with Crippen molar-refractivity contribution in [2.75, 3.05) is 36.3 Å². The third-order valence-electron chi connectivity index (χ3n) is 3.66. The second-order valence-electron chi connectivity index (χ2n) is 5.28. The quantitative estimate of drug-likeness (QED) is 0.778. The predicted molar refractivity (Wildman–Crippen MR) is 81.3 cm³/mol. The molecule has 0 aliphatic heterocycles. The monoisotopic (exact) mass is 282 g/mol. The van der Waals surface area contributed by atoms with Crippen molar-refractivity contribution in [2.45, 2.75) is 38.1 Å². The minimum atomic E-state index is 0.581. The molecule has 0 spiro atoms. The fourth-order valence-electron chi connectivity index (χ4n) is 2.68. The number of aromatic nitrogens is 2. The number of rotatable bonds is 5. The van der Waals surface area contributed by atoms with Crippen LogP contribution in [0.3, 0.4) is 0 Å². The van der Waals surface area contributed by atoms with Gasteiger partial charge in [-0.15, -0.1) is 11.6 Å². The van der Waals surface area contributed by atoms with E-state index in [0.29, 0.717) is 11.9 Å². The SMILES string of the molecule is CN(C)c1nccc(N(CCCl)C2CCCCC2)n1. The van der Waals surface area contributed by atoms with Crippen LogP contribution in [0.25, 0.3) is 0 Å². The topological polar surface area (TPSA) is 32.3 Å². The van der Waals surface area contributed by atoms with Gasteiger partial charge < -0.3 is 9.80 Å². The highest BCUT2D eigenvalue weighted by atomic mass is 35.5. The molecule has 5 heteroatoms. The molecule has 1 heterocycles. The van der Waals surface area contributed by atoms with Gasteiger partial charge in [-0.2, -0.15) is 4.98 Å².